The number of carbonyl (C=O) groups is 2. The van der Waals surface area contributed by atoms with Gasteiger partial charge in [0, 0.05) is 12.0 Å². The Morgan fingerprint density at radius 3 is 2.94 bits per heavy atom. The zero-order chi connectivity index (χ0) is 12.4. The fourth-order valence-electron chi connectivity index (χ4n) is 1.88. The molecule has 0 amide bonds. The largest absolute Gasteiger partial charge is 0.490 e. The van der Waals surface area contributed by atoms with E-state index in [4.69, 9.17) is 4.74 Å². The third-order valence-electron chi connectivity index (χ3n) is 2.62. The molecule has 17 heavy (non-hydrogen) atoms. The predicted octanol–water partition coefficient (Wildman–Crippen LogP) is 1.76. The van der Waals surface area contributed by atoms with Crippen LogP contribution in [0.1, 0.15) is 29.8 Å². The van der Waals surface area contributed by atoms with Gasteiger partial charge in [-0.25, -0.2) is 4.79 Å². The molecule has 0 aliphatic carbocycles. The summed E-state index contributed by atoms with van der Waals surface area (Å²) in [6.07, 6.45) is 0.886. The number of esters is 1. The molecular weight excluding hydrogens is 220 g/mol. The van der Waals surface area contributed by atoms with Crippen LogP contribution in [0.4, 0.5) is 0 Å². The molecule has 4 heteroatoms. The topological polar surface area (TPSA) is 52.6 Å². The Balaban J connectivity index is 2.21. The maximum Gasteiger partial charge on any atom is 0.379 e. The van der Waals surface area contributed by atoms with Crippen LogP contribution in [0.3, 0.4) is 0 Å². The van der Waals surface area contributed by atoms with E-state index >= 15 is 0 Å². The van der Waals surface area contributed by atoms with E-state index in [-0.39, 0.29) is 12.7 Å². The Bertz CT molecular complexity index is 464. The van der Waals surface area contributed by atoms with Gasteiger partial charge in [0.1, 0.15) is 11.9 Å². The van der Waals surface area contributed by atoms with Gasteiger partial charge in [0.15, 0.2) is 0 Å². The van der Waals surface area contributed by atoms with Crippen LogP contribution in [0.5, 0.6) is 5.75 Å². The molecule has 0 N–H and O–H groups in total. The second kappa shape index (κ2) is 4.57. The van der Waals surface area contributed by atoms with Crippen molar-refractivity contribution in [1.82, 2.24) is 0 Å². The molecule has 0 radical (unpaired) electrons. The van der Waals surface area contributed by atoms with Gasteiger partial charge in [-0.05, 0) is 37.6 Å². The van der Waals surface area contributed by atoms with E-state index in [2.05, 4.69) is 4.74 Å². The molecule has 1 heterocycles. The van der Waals surface area contributed by atoms with Gasteiger partial charge in [-0.15, -0.1) is 0 Å². The summed E-state index contributed by atoms with van der Waals surface area (Å²) in [5.74, 6) is -0.619. The lowest BCUT2D eigenvalue weighted by atomic mass is 10.0. The Kier molecular flexibility index (Phi) is 3.13. The summed E-state index contributed by atoms with van der Waals surface area (Å²) in [5.41, 5.74) is 1.33. The highest BCUT2D eigenvalue weighted by Gasteiger charge is 2.23. The SMILES string of the molecule is CCOC(=O)C(=O)c1ccc2c(c1)CC(C)O2. The van der Waals surface area contributed by atoms with Gasteiger partial charge in [-0.3, -0.25) is 4.79 Å². The lowest BCUT2D eigenvalue weighted by molar-refractivity contribution is -0.137. The van der Waals surface area contributed by atoms with Crippen molar-refractivity contribution in [3.8, 4) is 5.75 Å². The first-order valence-electron chi connectivity index (χ1n) is 5.63. The van der Waals surface area contributed by atoms with E-state index in [1.54, 1.807) is 25.1 Å². The van der Waals surface area contributed by atoms with Gasteiger partial charge in [-0.2, -0.15) is 0 Å². The van der Waals surface area contributed by atoms with Crippen molar-refractivity contribution >= 4 is 11.8 Å². The van der Waals surface area contributed by atoms with Crippen LogP contribution < -0.4 is 4.74 Å². The van der Waals surface area contributed by atoms with E-state index in [9.17, 15) is 9.59 Å². The second-order valence-corrected chi connectivity index (χ2v) is 4.00. The van der Waals surface area contributed by atoms with Gasteiger partial charge >= 0.3 is 5.97 Å². The molecule has 1 aromatic carbocycles. The Morgan fingerprint density at radius 1 is 1.47 bits per heavy atom. The number of ketones is 1. The van der Waals surface area contributed by atoms with Crippen molar-refractivity contribution in [2.45, 2.75) is 26.4 Å². The molecule has 1 atom stereocenters. The van der Waals surface area contributed by atoms with E-state index in [0.29, 0.717) is 5.56 Å². The highest BCUT2D eigenvalue weighted by Crippen LogP contribution is 2.29. The van der Waals surface area contributed by atoms with Crippen molar-refractivity contribution in [2.24, 2.45) is 0 Å². The number of benzene rings is 1. The summed E-state index contributed by atoms with van der Waals surface area (Å²) in [7, 11) is 0. The molecule has 1 aliphatic heterocycles. The van der Waals surface area contributed by atoms with E-state index < -0.39 is 11.8 Å². The van der Waals surface area contributed by atoms with Crippen molar-refractivity contribution in [3.63, 3.8) is 0 Å². The quantitative estimate of drug-likeness (QED) is 0.454. The minimum atomic E-state index is -0.806. The number of carbonyl (C=O) groups excluding carboxylic acids is 2. The highest BCUT2D eigenvalue weighted by atomic mass is 16.5. The molecule has 0 bridgehead atoms. The number of fused-ring (bicyclic) bond motifs is 1. The van der Waals surface area contributed by atoms with Crippen LogP contribution in [-0.2, 0) is 16.0 Å². The van der Waals surface area contributed by atoms with E-state index in [1.165, 1.54) is 0 Å². The average Bonchev–Trinajstić information content (AvgIpc) is 2.67. The number of ether oxygens (including phenoxy) is 2. The smallest absolute Gasteiger partial charge is 0.379 e. The molecule has 0 saturated carbocycles. The molecule has 0 fully saturated rings. The molecule has 0 aromatic heterocycles. The first kappa shape index (κ1) is 11.6. The summed E-state index contributed by atoms with van der Waals surface area (Å²) < 4.78 is 10.2. The van der Waals surface area contributed by atoms with Gasteiger partial charge in [-0.1, -0.05) is 0 Å². The Labute approximate surface area is 99.5 Å². The number of hydrogen-bond donors (Lipinski definition) is 0. The van der Waals surface area contributed by atoms with Crippen LogP contribution in [0, 0.1) is 0 Å². The van der Waals surface area contributed by atoms with Crippen molar-refractivity contribution in [2.75, 3.05) is 6.61 Å². The van der Waals surface area contributed by atoms with Crippen LogP contribution in [0.25, 0.3) is 0 Å². The first-order valence-corrected chi connectivity index (χ1v) is 5.63. The normalized spacial score (nSPS) is 17.2. The summed E-state index contributed by atoms with van der Waals surface area (Å²) in [4.78, 5) is 23.0. The monoisotopic (exact) mass is 234 g/mol. The summed E-state index contributed by atoms with van der Waals surface area (Å²) in [6.45, 7) is 3.84. The molecule has 4 nitrogen and oxygen atoms in total. The third kappa shape index (κ3) is 2.30. The lowest BCUT2D eigenvalue weighted by Crippen LogP contribution is -2.17. The van der Waals surface area contributed by atoms with Crippen LogP contribution in [0.2, 0.25) is 0 Å². The predicted molar refractivity (Wildman–Crippen MR) is 61.2 cm³/mol. The number of rotatable bonds is 3. The maximum absolute atomic E-state index is 11.7. The van der Waals surface area contributed by atoms with Crippen LogP contribution >= 0.6 is 0 Å². The average molecular weight is 234 g/mol. The minimum Gasteiger partial charge on any atom is -0.490 e. The van der Waals surface area contributed by atoms with Crippen LogP contribution in [0.15, 0.2) is 18.2 Å². The molecular formula is C13H14O4. The molecule has 1 aromatic rings. The van der Waals surface area contributed by atoms with Gasteiger partial charge < -0.3 is 9.47 Å². The standard InChI is InChI=1S/C13H14O4/c1-3-16-13(15)12(14)9-4-5-11-10(7-9)6-8(2)17-11/h4-5,7-8H,3,6H2,1-2H3. The fraction of sp³-hybridized carbons (Fsp3) is 0.385. The zero-order valence-corrected chi connectivity index (χ0v) is 9.86. The summed E-state index contributed by atoms with van der Waals surface area (Å²) in [5, 5.41) is 0. The van der Waals surface area contributed by atoms with E-state index in [0.717, 1.165) is 17.7 Å². The molecule has 0 spiro atoms. The molecule has 0 saturated heterocycles. The van der Waals surface area contributed by atoms with Crippen molar-refractivity contribution in [1.29, 1.82) is 0 Å². The first-order chi connectivity index (χ1) is 8.11. The van der Waals surface area contributed by atoms with Crippen LogP contribution in [-0.4, -0.2) is 24.5 Å². The number of hydrogen-bond acceptors (Lipinski definition) is 4. The molecule has 2 rings (SSSR count). The third-order valence-corrected chi connectivity index (χ3v) is 2.62. The van der Waals surface area contributed by atoms with E-state index in [1.807, 2.05) is 6.92 Å². The Hall–Kier alpha value is -1.84. The molecule has 1 aliphatic rings. The number of Topliss-reactive ketones (excluding diaryl/α,β-unsaturated/α-hetero) is 1. The van der Waals surface area contributed by atoms with Gasteiger partial charge in [0.2, 0.25) is 0 Å². The fourth-order valence-corrected chi connectivity index (χ4v) is 1.88. The minimum absolute atomic E-state index is 0.123. The van der Waals surface area contributed by atoms with Gasteiger partial charge in [0.25, 0.3) is 5.78 Å². The lowest BCUT2D eigenvalue weighted by Gasteiger charge is -2.03. The second-order valence-electron chi connectivity index (χ2n) is 4.00. The van der Waals surface area contributed by atoms with Crippen molar-refractivity contribution < 1.29 is 19.1 Å². The summed E-state index contributed by atoms with van der Waals surface area (Å²) >= 11 is 0. The molecule has 90 valence electrons. The molecule has 1 unspecified atom stereocenters. The summed E-state index contributed by atoms with van der Waals surface area (Å²) in [6, 6.07) is 5.03. The Morgan fingerprint density at radius 2 is 2.24 bits per heavy atom. The highest BCUT2D eigenvalue weighted by molar-refractivity contribution is 6.40. The van der Waals surface area contributed by atoms with Crippen molar-refractivity contribution in [3.05, 3.63) is 29.3 Å². The van der Waals surface area contributed by atoms with Gasteiger partial charge in [0.05, 0.1) is 6.61 Å². The maximum atomic E-state index is 11.7. The zero-order valence-electron chi connectivity index (χ0n) is 9.86.